The van der Waals surface area contributed by atoms with Crippen LogP contribution in [0.3, 0.4) is 0 Å². The van der Waals surface area contributed by atoms with E-state index >= 15 is 0 Å². The van der Waals surface area contributed by atoms with Crippen molar-refractivity contribution in [2.24, 2.45) is 0 Å². The zero-order valence-electron chi connectivity index (χ0n) is 44.9. The first-order chi connectivity index (χ1) is 40.6. The highest BCUT2D eigenvalue weighted by atomic mass is 79.9. The fraction of sp³-hybridized carbons (Fsp3) is 0.0127. The standard InChI is InChI=1S/C61H41NO.C18H13Br/c1-4-18-42(19-5-1)43-34-36-44(37-35-43)49-24-11-14-31-56(49)62(48-40-38-45(39-41-48)50-27-16-28-52-51-25-12-15-33-58(51)63-60(50)52)57-32-17-30-55-59(57)53-26-10-13-29-54(53)61(55,46-20-6-2-7-21-46)47-22-8-3-9-23-47;19-18-9-5-4-8-17(18)16-12-10-15(11-13-16)14-6-2-1-3-7-14/h1-41H;1-13H. The van der Waals surface area contributed by atoms with Gasteiger partial charge in [-0.25, -0.2) is 0 Å². The van der Waals surface area contributed by atoms with Crippen molar-refractivity contribution in [1.82, 2.24) is 0 Å². The van der Waals surface area contributed by atoms with Gasteiger partial charge in [-0.05, 0) is 109 Å². The van der Waals surface area contributed by atoms with E-state index in [-0.39, 0.29) is 0 Å². The number of rotatable bonds is 10. The minimum Gasteiger partial charge on any atom is -0.455 e. The SMILES string of the molecule is Brc1ccccc1-c1ccc(-c2ccccc2)cc1.c1ccc(-c2ccc(-c3ccccc3N(c3ccc(-c4cccc5c4oc4ccccc45)cc3)c3cccc4c3-c3ccccc3C4(c3ccccc3)c3ccccc3)cc2)cc1. The van der Waals surface area contributed by atoms with E-state index in [4.69, 9.17) is 4.42 Å². The zero-order valence-corrected chi connectivity index (χ0v) is 46.5. The van der Waals surface area contributed by atoms with Crippen LogP contribution in [0.2, 0.25) is 0 Å². The summed E-state index contributed by atoms with van der Waals surface area (Å²) in [5.41, 5.74) is 23.9. The molecule has 0 radical (unpaired) electrons. The van der Waals surface area contributed by atoms with Crippen molar-refractivity contribution in [1.29, 1.82) is 0 Å². The molecule has 0 saturated carbocycles. The third-order valence-electron chi connectivity index (χ3n) is 16.2. The molecule has 0 fully saturated rings. The van der Waals surface area contributed by atoms with Crippen LogP contribution in [0.25, 0.3) is 88.7 Å². The van der Waals surface area contributed by atoms with Crippen molar-refractivity contribution in [3.05, 3.63) is 354 Å². The van der Waals surface area contributed by atoms with E-state index in [2.05, 4.69) is 324 Å². The summed E-state index contributed by atoms with van der Waals surface area (Å²) in [6, 6.07) is 118. The van der Waals surface area contributed by atoms with Crippen LogP contribution in [-0.4, -0.2) is 0 Å². The predicted molar refractivity (Wildman–Crippen MR) is 347 cm³/mol. The Bertz CT molecular complexity index is 4500. The molecule has 3 heteroatoms. The van der Waals surface area contributed by atoms with Gasteiger partial charge >= 0.3 is 0 Å². The maximum atomic E-state index is 6.52. The molecule has 15 rings (SSSR count). The van der Waals surface area contributed by atoms with Crippen molar-refractivity contribution in [2.45, 2.75) is 5.41 Å². The minimum atomic E-state index is -0.530. The van der Waals surface area contributed by atoms with Gasteiger partial charge in [0.25, 0.3) is 0 Å². The highest BCUT2D eigenvalue weighted by Gasteiger charge is 2.47. The molecule has 14 aromatic rings. The van der Waals surface area contributed by atoms with Crippen molar-refractivity contribution < 1.29 is 4.42 Å². The van der Waals surface area contributed by atoms with Gasteiger partial charge in [0.05, 0.1) is 16.8 Å². The van der Waals surface area contributed by atoms with E-state index in [9.17, 15) is 0 Å². The molecule has 1 aliphatic rings. The summed E-state index contributed by atoms with van der Waals surface area (Å²) in [4.78, 5) is 2.48. The van der Waals surface area contributed by atoms with Gasteiger partial charge in [-0.15, -0.1) is 0 Å². The van der Waals surface area contributed by atoms with Crippen molar-refractivity contribution in [3.63, 3.8) is 0 Å². The summed E-state index contributed by atoms with van der Waals surface area (Å²) in [6.45, 7) is 0. The Labute approximate surface area is 487 Å². The number of fused-ring (bicyclic) bond motifs is 6. The summed E-state index contributed by atoms with van der Waals surface area (Å²) < 4.78 is 7.65. The molecule has 0 bridgehead atoms. The largest absolute Gasteiger partial charge is 0.455 e. The Morgan fingerprint density at radius 2 is 0.695 bits per heavy atom. The molecule has 2 nitrogen and oxygen atoms in total. The average Bonchev–Trinajstić information content (AvgIpc) is 4.31. The van der Waals surface area contributed by atoms with Crippen LogP contribution in [0.15, 0.2) is 336 Å². The Kier molecular flexibility index (Phi) is 13.4. The number of hydrogen-bond acceptors (Lipinski definition) is 2. The van der Waals surface area contributed by atoms with Crippen LogP contribution < -0.4 is 4.90 Å². The lowest BCUT2D eigenvalue weighted by Gasteiger charge is -2.34. The van der Waals surface area contributed by atoms with E-state index in [0.29, 0.717) is 0 Å². The van der Waals surface area contributed by atoms with Crippen LogP contribution in [0.5, 0.6) is 0 Å². The number of furan rings is 1. The quantitative estimate of drug-likeness (QED) is 0.136. The number of anilines is 3. The highest BCUT2D eigenvalue weighted by Crippen LogP contribution is 2.60. The first-order valence-corrected chi connectivity index (χ1v) is 28.7. The summed E-state index contributed by atoms with van der Waals surface area (Å²) in [6.07, 6.45) is 0. The highest BCUT2D eigenvalue weighted by molar-refractivity contribution is 9.10. The number of nitrogens with zero attached hydrogens (tertiary/aromatic N) is 1. The fourth-order valence-corrected chi connectivity index (χ4v) is 12.9. The maximum absolute atomic E-state index is 6.52. The number of halogens is 1. The van der Waals surface area contributed by atoms with Gasteiger partial charge in [-0.2, -0.15) is 0 Å². The lowest BCUT2D eigenvalue weighted by molar-refractivity contribution is 0.670. The van der Waals surface area contributed by atoms with Gasteiger partial charge in [0.15, 0.2) is 0 Å². The number of benzene rings is 13. The lowest BCUT2D eigenvalue weighted by atomic mass is 9.68. The fourth-order valence-electron chi connectivity index (χ4n) is 12.4. The van der Waals surface area contributed by atoms with Crippen molar-refractivity contribution >= 4 is 54.9 Å². The second kappa shape index (κ2) is 21.9. The van der Waals surface area contributed by atoms with Crippen LogP contribution in [0.1, 0.15) is 22.3 Å². The third kappa shape index (κ3) is 9.02. The van der Waals surface area contributed by atoms with E-state index in [1.807, 2.05) is 24.3 Å². The van der Waals surface area contributed by atoms with Crippen LogP contribution >= 0.6 is 15.9 Å². The molecule has 0 aliphatic heterocycles. The molecule has 0 N–H and O–H groups in total. The summed E-state index contributed by atoms with van der Waals surface area (Å²) in [5, 5.41) is 2.26. The Balaban J connectivity index is 0.000000268. The first kappa shape index (κ1) is 50.2. The second-order valence-electron chi connectivity index (χ2n) is 20.8. The number of hydrogen-bond donors (Lipinski definition) is 0. The van der Waals surface area contributed by atoms with Gasteiger partial charge in [0.2, 0.25) is 0 Å². The molecule has 0 saturated heterocycles. The molecule has 1 heterocycles. The Morgan fingerprint density at radius 3 is 1.33 bits per heavy atom. The predicted octanol–water partition coefficient (Wildman–Crippen LogP) is 22.2. The monoisotopic (exact) mass is 1110 g/mol. The van der Waals surface area contributed by atoms with Gasteiger partial charge in [-0.1, -0.05) is 307 Å². The molecular weight excluding hydrogens is 1060 g/mol. The molecule has 0 spiro atoms. The van der Waals surface area contributed by atoms with Crippen LogP contribution in [0.4, 0.5) is 17.1 Å². The van der Waals surface area contributed by atoms with Gasteiger partial charge < -0.3 is 9.32 Å². The third-order valence-corrected chi connectivity index (χ3v) is 16.9. The Morgan fingerprint density at radius 1 is 0.280 bits per heavy atom. The summed E-state index contributed by atoms with van der Waals surface area (Å²) >= 11 is 3.60. The molecule has 0 unspecified atom stereocenters. The van der Waals surface area contributed by atoms with E-state index < -0.39 is 5.41 Å². The molecular formula is C79H54BrNO. The summed E-state index contributed by atoms with van der Waals surface area (Å²) in [7, 11) is 0. The molecule has 13 aromatic carbocycles. The van der Waals surface area contributed by atoms with E-state index in [1.54, 1.807) is 0 Å². The Hall–Kier alpha value is -10.1. The van der Waals surface area contributed by atoms with Crippen molar-refractivity contribution in [3.8, 4) is 66.8 Å². The zero-order chi connectivity index (χ0) is 54.8. The molecule has 1 aromatic heterocycles. The van der Waals surface area contributed by atoms with Gasteiger partial charge in [-0.3, -0.25) is 0 Å². The van der Waals surface area contributed by atoms with Crippen molar-refractivity contribution in [2.75, 3.05) is 4.90 Å². The first-order valence-electron chi connectivity index (χ1n) is 27.9. The molecule has 0 atom stereocenters. The van der Waals surface area contributed by atoms with Crippen LogP contribution in [-0.2, 0) is 5.41 Å². The minimum absolute atomic E-state index is 0.530. The maximum Gasteiger partial charge on any atom is 0.143 e. The molecule has 1 aliphatic carbocycles. The van der Waals surface area contributed by atoms with Gasteiger partial charge in [0.1, 0.15) is 11.2 Å². The normalized spacial score (nSPS) is 12.1. The lowest BCUT2D eigenvalue weighted by Crippen LogP contribution is -2.28. The van der Waals surface area contributed by atoms with Crippen LogP contribution in [0, 0.1) is 0 Å². The van der Waals surface area contributed by atoms with E-state index in [0.717, 1.165) is 65.7 Å². The molecule has 82 heavy (non-hydrogen) atoms. The smallest absolute Gasteiger partial charge is 0.143 e. The van der Waals surface area contributed by atoms with E-state index in [1.165, 1.54) is 66.8 Å². The molecule has 388 valence electrons. The van der Waals surface area contributed by atoms with Gasteiger partial charge in [0, 0.05) is 37.6 Å². The number of para-hydroxylation sites is 3. The second-order valence-corrected chi connectivity index (χ2v) is 21.6. The average molecular weight is 1110 g/mol. The molecule has 0 amide bonds. The summed E-state index contributed by atoms with van der Waals surface area (Å²) in [5.74, 6) is 0. The topological polar surface area (TPSA) is 16.4 Å².